The van der Waals surface area contributed by atoms with Crippen molar-refractivity contribution in [2.75, 3.05) is 56.7 Å². The highest BCUT2D eigenvalue weighted by molar-refractivity contribution is 7.91. The smallest absolute Gasteiger partial charge is 0.265 e. The van der Waals surface area contributed by atoms with Crippen LogP contribution < -0.4 is 10.2 Å². The molecule has 2 heterocycles. The zero-order chi connectivity index (χ0) is 43.5. The van der Waals surface area contributed by atoms with Gasteiger partial charge in [-0.05, 0) is 119 Å². The van der Waals surface area contributed by atoms with Gasteiger partial charge in [0.2, 0.25) is 0 Å². The van der Waals surface area contributed by atoms with Gasteiger partial charge >= 0.3 is 0 Å². The van der Waals surface area contributed by atoms with Crippen molar-refractivity contribution in [3.8, 4) is 0 Å². The molecule has 2 aliphatic rings. The van der Waals surface area contributed by atoms with Gasteiger partial charge in [0.15, 0.2) is 9.84 Å². The number of unbranched alkanes of at least 4 members (excludes halogenated alkanes) is 2. The Morgan fingerprint density at radius 1 is 0.565 bits per heavy atom. The predicted molar refractivity (Wildman–Crippen MR) is 245 cm³/mol. The number of nitrogens with zero attached hydrogens (tertiary/aromatic N) is 2. The average molecular weight is 858 g/mol. The number of hydrogen-bond acceptors (Lipinski definition) is 9. The van der Waals surface area contributed by atoms with E-state index in [1.807, 2.05) is 24.3 Å². The molecule has 6 aromatic carbocycles. The molecule has 324 valence electrons. The molecule has 0 fully saturated rings. The number of sulfone groups is 1. The Morgan fingerprint density at radius 2 is 1.08 bits per heavy atom. The summed E-state index contributed by atoms with van der Waals surface area (Å²) >= 11 is 0. The van der Waals surface area contributed by atoms with Crippen LogP contribution in [-0.4, -0.2) is 88.8 Å². The maximum atomic E-state index is 14.3. The van der Waals surface area contributed by atoms with Gasteiger partial charge in [0.1, 0.15) is 0 Å². The highest BCUT2D eigenvalue weighted by Gasteiger charge is 2.37. The molecule has 0 bridgehead atoms. The van der Waals surface area contributed by atoms with Gasteiger partial charge in [-0.2, -0.15) is 0 Å². The molecule has 11 nitrogen and oxygen atoms in total. The van der Waals surface area contributed by atoms with Crippen LogP contribution >= 0.6 is 0 Å². The van der Waals surface area contributed by atoms with Crippen LogP contribution in [0.4, 0.5) is 5.69 Å². The van der Waals surface area contributed by atoms with E-state index < -0.39 is 21.7 Å². The molecule has 0 saturated carbocycles. The van der Waals surface area contributed by atoms with Crippen LogP contribution in [0.3, 0.4) is 0 Å². The molecule has 0 saturated heterocycles. The summed E-state index contributed by atoms with van der Waals surface area (Å²) in [5.41, 5.74) is 1.90. The van der Waals surface area contributed by atoms with Crippen molar-refractivity contribution in [3.05, 3.63) is 95.1 Å². The van der Waals surface area contributed by atoms with E-state index in [9.17, 15) is 27.6 Å². The summed E-state index contributed by atoms with van der Waals surface area (Å²) in [5, 5.41) is 9.15. The lowest BCUT2D eigenvalue weighted by Gasteiger charge is -2.30. The summed E-state index contributed by atoms with van der Waals surface area (Å²) in [7, 11) is -3.63. The first-order chi connectivity index (χ1) is 30.1. The number of benzene rings is 6. The van der Waals surface area contributed by atoms with Crippen molar-refractivity contribution in [2.24, 2.45) is 5.92 Å². The molecule has 12 heteroatoms. The number of imide groups is 2. The summed E-state index contributed by atoms with van der Waals surface area (Å²) in [5.74, 6) is -1.19. The van der Waals surface area contributed by atoms with Gasteiger partial charge in [-0.1, -0.05) is 70.7 Å². The molecule has 6 aromatic rings. The highest BCUT2D eigenvalue weighted by Crippen LogP contribution is 2.46. The minimum absolute atomic E-state index is 0.0939. The minimum atomic E-state index is -3.63. The Bertz CT molecular complexity index is 2660. The van der Waals surface area contributed by atoms with E-state index in [1.165, 1.54) is 48.4 Å². The van der Waals surface area contributed by atoms with Gasteiger partial charge in [-0.25, -0.2) is 13.3 Å². The van der Waals surface area contributed by atoms with E-state index in [-0.39, 0.29) is 41.2 Å². The maximum Gasteiger partial charge on any atom is 0.265 e. The maximum absolute atomic E-state index is 14.3. The molecule has 62 heavy (non-hydrogen) atoms. The molecule has 0 spiro atoms. The van der Waals surface area contributed by atoms with E-state index in [2.05, 4.69) is 26.1 Å². The fourth-order valence-corrected chi connectivity index (χ4v) is 10.3. The van der Waals surface area contributed by atoms with Crippen LogP contribution in [0.5, 0.6) is 0 Å². The molecule has 1 unspecified atom stereocenters. The SMILES string of the molecule is CCCCOCCCN1C(=O)c2ccc3c4ccc5c6c(ccc(c7ccc(c2c37)C1=O)c64)C(=O)N(c1ccc(S(=O)(=O)CCNCCCOCC(CC)CCCC)cc1)C5=O. The number of rotatable bonds is 22. The number of carbonyl (C=O) groups excluding carboxylic acids is 4. The normalized spacial score (nSPS) is 14.8. The number of anilines is 1. The van der Waals surface area contributed by atoms with Gasteiger partial charge in [0.05, 0.1) is 16.3 Å². The molecule has 2 aliphatic heterocycles. The second kappa shape index (κ2) is 18.6. The second-order valence-corrected chi connectivity index (χ2v) is 18.7. The number of hydrogen-bond donors (Lipinski definition) is 1. The molecule has 4 amide bonds. The van der Waals surface area contributed by atoms with Crippen molar-refractivity contribution >= 4 is 82.2 Å². The molecule has 8 rings (SSSR count). The first kappa shape index (κ1) is 43.4. The quantitative estimate of drug-likeness (QED) is 0.0306. The minimum Gasteiger partial charge on any atom is -0.381 e. The molecule has 0 aromatic heterocycles. The van der Waals surface area contributed by atoms with E-state index in [0.717, 1.165) is 69.5 Å². The van der Waals surface area contributed by atoms with Crippen molar-refractivity contribution in [3.63, 3.8) is 0 Å². The second-order valence-electron chi connectivity index (χ2n) is 16.6. The van der Waals surface area contributed by atoms with Gasteiger partial charge in [0.25, 0.3) is 23.6 Å². The molecular formula is C50H55N3O8S. The lowest BCUT2D eigenvalue weighted by molar-refractivity contribution is 0.0582. The van der Waals surface area contributed by atoms with Crippen molar-refractivity contribution in [2.45, 2.75) is 77.0 Å². The fourth-order valence-electron chi connectivity index (χ4n) is 9.13. The largest absolute Gasteiger partial charge is 0.381 e. The number of nitrogens with one attached hydrogen (secondary N) is 1. The molecule has 0 radical (unpaired) electrons. The van der Waals surface area contributed by atoms with Crippen molar-refractivity contribution < 1.29 is 37.1 Å². The van der Waals surface area contributed by atoms with Gasteiger partial charge in [0, 0.05) is 72.5 Å². The Balaban J connectivity index is 0.991. The molecule has 1 N–H and O–H groups in total. The number of ether oxygens (including phenoxy) is 2. The third kappa shape index (κ3) is 7.98. The third-order valence-corrected chi connectivity index (χ3v) is 14.3. The lowest BCUT2D eigenvalue weighted by Crippen LogP contribution is -2.41. The number of amides is 4. The van der Waals surface area contributed by atoms with Crippen LogP contribution in [0.2, 0.25) is 0 Å². The summed E-state index contributed by atoms with van der Waals surface area (Å²) in [6, 6.07) is 20.4. The summed E-state index contributed by atoms with van der Waals surface area (Å²) in [6.07, 6.45) is 8.03. The zero-order valence-electron chi connectivity index (χ0n) is 35.9. The van der Waals surface area contributed by atoms with Gasteiger partial charge in [-0.3, -0.25) is 24.1 Å². The Hall–Kier alpha value is -5.27. The monoisotopic (exact) mass is 857 g/mol. The van der Waals surface area contributed by atoms with E-state index in [0.29, 0.717) is 71.7 Å². The lowest BCUT2D eigenvalue weighted by atomic mass is 9.82. The summed E-state index contributed by atoms with van der Waals surface area (Å²) in [4.78, 5) is 58.8. The van der Waals surface area contributed by atoms with Crippen LogP contribution in [0, 0.1) is 5.92 Å². The summed E-state index contributed by atoms with van der Waals surface area (Å²) in [6.45, 7) is 10.2. The van der Waals surface area contributed by atoms with Crippen molar-refractivity contribution in [1.82, 2.24) is 10.2 Å². The average Bonchev–Trinajstić information content (AvgIpc) is 3.28. The van der Waals surface area contributed by atoms with Crippen LogP contribution in [0.15, 0.2) is 77.7 Å². The zero-order valence-corrected chi connectivity index (χ0v) is 36.7. The van der Waals surface area contributed by atoms with Crippen molar-refractivity contribution in [1.29, 1.82) is 0 Å². The van der Waals surface area contributed by atoms with Gasteiger partial charge in [-0.15, -0.1) is 0 Å². The van der Waals surface area contributed by atoms with Crippen LogP contribution in [0.1, 0.15) is 114 Å². The predicted octanol–water partition coefficient (Wildman–Crippen LogP) is 9.33. The van der Waals surface area contributed by atoms with Crippen LogP contribution in [-0.2, 0) is 19.3 Å². The number of fused-ring (bicyclic) bond motifs is 2. The molecule has 1 atom stereocenters. The Labute approximate surface area is 363 Å². The first-order valence-corrected chi connectivity index (χ1v) is 23.9. The Morgan fingerprint density at radius 3 is 1.61 bits per heavy atom. The Kier molecular flexibility index (Phi) is 13.0. The van der Waals surface area contributed by atoms with E-state index in [1.54, 1.807) is 24.3 Å². The van der Waals surface area contributed by atoms with E-state index >= 15 is 0 Å². The van der Waals surface area contributed by atoms with E-state index in [4.69, 9.17) is 9.47 Å². The van der Waals surface area contributed by atoms with Crippen LogP contribution in [0.25, 0.3) is 43.1 Å². The van der Waals surface area contributed by atoms with Gasteiger partial charge < -0.3 is 14.8 Å². The first-order valence-electron chi connectivity index (χ1n) is 22.2. The number of carbonyl (C=O) groups is 4. The molecule has 0 aliphatic carbocycles. The molecular weight excluding hydrogens is 803 g/mol. The standard InChI is InChI=1S/C50H55N3O8S/c1-4-7-11-32(6-3)31-61-28-9-24-51-25-30-62(58,59)34-14-12-33(13-15-34)53-49(56)41-22-18-37-35-16-20-39-45-40(48(55)52(47(39)54)26-10-29-60-27-8-5-2)21-17-36(43(35)45)38-19-23-42(50(53)57)46(41)44(37)38/h12-23,32,51H,4-11,24-31H2,1-3H3. The fraction of sp³-hybridized carbons (Fsp3) is 0.400. The summed E-state index contributed by atoms with van der Waals surface area (Å²) < 4.78 is 38.0. The topological polar surface area (TPSA) is 139 Å². The highest BCUT2D eigenvalue weighted by atomic mass is 32.2. The third-order valence-electron chi connectivity index (χ3n) is 12.6.